The molecule has 0 atom stereocenters. The zero-order valence-electron chi connectivity index (χ0n) is 12.9. The van der Waals surface area contributed by atoms with Gasteiger partial charge in [0.1, 0.15) is 0 Å². The topological polar surface area (TPSA) is 39.7 Å². The zero-order chi connectivity index (χ0) is 14.7. The minimum Gasteiger partial charge on any atom is -0.359 e. The fourth-order valence-corrected chi connectivity index (χ4v) is 2.40. The van der Waals surface area contributed by atoms with Crippen molar-refractivity contribution in [2.45, 2.75) is 19.9 Å². The lowest BCUT2D eigenvalue weighted by atomic mass is 10.2. The Bertz CT molecular complexity index is 487. The molecule has 1 aromatic heterocycles. The van der Waals surface area contributed by atoms with Crippen LogP contribution < -0.4 is 4.90 Å². The Hall–Kier alpha value is -1.62. The summed E-state index contributed by atoms with van der Waals surface area (Å²) in [6, 6.07) is 4.18. The van der Waals surface area contributed by atoms with Crippen molar-refractivity contribution in [3.05, 3.63) is 23.5 Å². The quantitative estimate of drug-likeness (QED) is 0.822. The van der Waals surface area contributed by atoms with Crippen molar-refractivity contribution in [3.8, 4) is 0 Å². The van der Waals surface area contributed by atoms with E-state index in [9.17, 15) is 4.79 Å². The molecule has 0 aromatic carbocycles. The molecular formula is C15H24N4O. The second kappa shape index (κ2) is 6.22. The van der Waals surface area contributed by atoms with Crippen LogP contribution >= 0.6 is 0 Å². The summed E-state index contributed by atoms with van der Waals surface area (Å²) in [6.45, 7) is 5.00. The molecule has 1 fully saturated rings. The summed E-state index contributed by atoms with van der Waals surface area (Å²) in [4.78, 5) is 22.7. The Morgan fingerprint density at radius 3 is 2.65 bits per heavy atom. The van der Waals surface area contributed by atoms with Crippen molar-refractivity contribution in [2.75, 3.05) is 45.7 Å². The highest BCUT2D eigenvalue weighted by Crippen LogP contribution is 2.22. The summed E-state index contributed by atoms with van der Waals surface area (Å²) in [6.07, 6.45) is 0.933. The van der Waals surface area contributed by atoms with Gasteiger partial charge in [0.05, 0.1) is 17.9 Å². The molecule has 0 spiro atoms. The lowest BCUT2D eigenvalue weighted by molar-refractivity contribution is -0.129. The van der Waals surface area contributed by atoms with E-state index in [0.717, 1.165) is 43.1 Å². The normalized spacial score (nSPS) is 16.1. The largest absolute Gasteiger partial charge is 0.359 e. The minimum atomic E-state index is 0.173. The lowest BCUT2D eigenvalue weighted by Crippen LogP contribution is -2.49. The molecule has 1 saturated heterocycles. The Balaban J connectivity index is 2.27. The number of pyridine rings is 1. The van der Waals surface area contributed by atoms with E-state index in [1.807, 2.05) is 21.1 Å². The number of aromatic nitrogens is 1. The molecule has 0 radical (unpaired) electrons. The van der Waals surface area contributed by atoms with Crippen molar-refractivity contribution < 1.29 is 4.79 Å². The fraction of sp³-hybridized carbons (Fsp3) is 0.600. The molecule has 5 heteroatoms. The van der Waals surface area contributed by atoms with Crippen LogP contribution in [-0.2, 0) is 17.8 Å². The molecule has 2 rings (SSSR count). The number of carbonyl (C=O) groups excluding carboxylic acids is 1. The average molecular weight is 276 g/mol. The zero-order valence-corrected chi connectivity index (χ0v) is 12.9. The van der Waals surface area contributed by atoms with Gasteiger partial charge >= 0.3 is 0 Å². The summed E-state index contributed by atoms with van der Waals surface area (Å²) in [5, 5.41) is 0. The molecule has 0 bridgehead atoms. The van der Waals surface area contributed by atoms with E-state index >= 15 is 0 Å². The molecule has 0 unspecified atom stereocenters. The Kier molecular flexibility index (Phi) is 4.60. The van der Waals surface area contributed by atoms with Crippen molar-refractivity contribution >= 4 is 11.6 Å². The molecular weight excluding hydrogens is 252 g/mol. The molecule has 110 valence electrons. The van der Waals surface area contributed by atoms with Gasteiger partial charge in [-0.2, -0.15) is 0 Å². The van der Waals surface area contributed by atoms with Gasteiger partial charge in [-0.25, -0.2) is 0 Å². The molecule has 1 aliphatic heterocycles. The van der Waals surface area contributed by atoms with E-state index in [0.29, 0.717) is 6.54 Å². The third-order valence-corrected chi connectivity index (χ3v) is 3.63. The van der Waals surface area contributed by atoms with Crippen LogP contribution in [0.1, 0.15) is 18.3 Å². The van der Waals surface area contributed by atoms with Gasteiger partial charge < -0.3 is 14.7 Å². The molecule has 0 N–H and O–H groups in total. The molecule has 0 saturated carbocycles. The van der Waals surface area contributed by atoms with Crippen LogP contribution in [0.5, 0.6) is 0 Å². The van der Waals surface area contributed by atoms with E-state index in [4.69, 9.17) is 4.98 Å². The standard InChI is InChI=1S/C15H24N4O/c1-5-12-6-7-14(13(16-12)10-17(2)3)19-9-8-18(4)15(20)11-19/h6-7H,5,8-11H2,1-4H3. The number of aryl methyl sites for hydroxylation is 1. The Morgan fingerprint density at radius 1 is 1.30 bits per heavy atom. The summed E-state index contributed by atoms with van der Waals surface area (Å²) in [7, 11) is 5.94. The second-order valence-electron chi connectivity index (χ2n) is 5.60. The maximum absolute atomic E-state index is 11.9. The first-order valence-electron chi connectivity index (χ1n) is 7.13. The monoisotopic (exact) mass is 276 g/mol. The van der Waals surface area contributed by atoms with Crippen molar-refractivity contribution in [1.82, 2.24) is 14.8 Å². The number of nitrogens with zero attached hydrogens (tertiary/aromatic N) is 4. The summed E-state index contributed by atoms with van der Waals surface area (Å²) >= 11 is 0. The third kappa shape index (κ3) is 3.28. The van der Waals surface area contributed by atoms with Crippen LogP contribution in [0.15, 0.2) is 12.1 Å². The number of anilines is 1. The minimum absolute atomic E-state index is 0.173. The third-order valence-electron chi connectivity index (χ3n) is 3.63. The van der Waals surface area contributed by atoms with Gasteiger partial charge in [0, 0.05) is 32.4 Å². The van der Waals surface area contributed by atoms with E-state index in [2.05, 4.69) is 28.9 Å². The van der Waals surface area contributed by atoms with Gasteiger partial charge in [-0.15, -0.1) is 0 Å². The first kappa shape index (κ1) is 14.8. The lowest BCUT2D eigenvalue weighted by Gasteiger charge is -2.34. The molecule has 0 aliphatic carbocycles. The predicted molar refractivity (Wildman–Crippen MR) is 80.9 cm³/mol. The first-order chi connectivity index (χ1) is 9.51. The average Bonchev–Trinajstić information content (AvgIpc) is 2.41. The highest BCUT2D eigenvalue weighted by atomic mass is 16.2. The van der Waals surface area contributed by atoms with Gasteiger partial charge in [0.2, 0.25) is 5.91 Å². The highest BCUT2D eigenvalue weighted by Gasteiger charge is 2.23. The Morgan fingerprint density at radius 2 is 2.05 bits per heavy atom. The van der Waals surface area contributed by atoms with Gasteiger partial charge in [-0.1, -0.05) is 6.92 Å². The van der Waals surface area contributed by atoms with Crippen LogP contribution in [-0.4, -0.2) is 61.5 Å². The number of hydrogen-bond acceptors (Lipinski definition) is 4. The van der Waals surface area contributed by atoms with Gasteiger partial charge in [0.15, 0.2) is 0 Å². The van der Waals surface area contributed by atoms with Crippen molar-refractivity contribution in [2.24, 2.45) is 0 Å². The first-order valence-corrected chi connectivity index (χ1v) is 7.13. The van der Waals surface area contributed by atoms with Gasteiger partial charge in [-0.3, -0.25) is 9.78 Å². The number of likely N-dealkylation sites (N-methyl/N-ethyl adjacent to an activating group) is 1. The van der Waals surface area contributed by atoms with E-state index in [1.54, 1.807) is 4.90 Å². The van der Waals surface area contributed by atoms with Gasteiger partial charge in [0.25, 0.3) is 0 Å². The Labute approximate surface area is 121 Å². The van der Waals surface area contributed by atoms with Crippen LogP contribution in [0.25, 0.3) is 0 Å². The van der Waals surface area contributed by atoms with Crippen molar-refractivity contribution in [3.63, 3.8) is 0 Å². The molecule has 1 aliphatic rings. The number of hydrogen-bond donors (Lipinski definition) is 0. The molecule has 1 aromatic rings. The van der Waals surface area contributed by atoms with Crippen LogP contribution in [0.2, 0.25) is 0 Å². The molecule has 2 heterocycles. The van der Waals surface area contributed by atoms with E-state index in [-0.39, 0.29) is 5.91 Å². The van der Waals surface area contributed by atoms with Crippen LogP contribution in [0, 0.1) is 0 Å². The van der Waals surface area contributed by atoms with E-state index < -0.39 is 0 Å². The molecule has 5 nitrogen and oxygen atoms in total. The summed E-state index contributed by atoms with van der Waals surface area (Å²) in [5.41, 5.74) is 3.26. The maximum Gasteiger partial charge on any atom is 0.241 e. The predicted octanol–water partition coefficient (Wildman–Crippen LogP) is 0.984. The number of carbonyl (C=O) groups is 1. The fourth-order valence-electron chi connectivity index (χ4n) is 2.40. The number of rotatable bonds is 4. The summed E-state index contributed by atoms with van der Waals surface area (Å²) < 4.78 is 0. The van der Waals surface area contributed by atoms with Crippen LogP contribution in [0.3, 0.4) is 0 Å². The number of piperazine rings is 1. The smallest absolute Gasteiger partial charge is 0.241 e. The highest BCUT2D eigenvalue weighted by molar-refractivity contribution is 5.82. The molecule has 1 amide bonds. The van der Waals surface area contributed by atoms with E-state index in [1.165, 1.54) is 0 Å². The number of amides is 1. The van der Waals surface area contributed by atoms with Crippen LogP contribution in [0.4, 0.5) is 5.69 Å². The SMILES string of the molecule is CCc1ccc(N2CCN(C)C(=O)C2)c(CN(C)C)n1. The van der Waals surface area contributed by atoms with Gasteiger partial charge in [-0.05, 0) is 32.6 Å². The maximum atomic E-state index is 11.9. The molecule has 20 heavy (non-hydrogen) atoms. The second-order valence-corrected chi connectivity index (χ2v) is 5.60. The summed E-state index contributed by atoms with van der Waals surface area (Å²) in [5.74, 6) is 0.173. The van der Waals surface area contributed by atoms with Crippen molar-refractivity contribution in [1.29, 1.82) is 0 Å².